The first kappa shape index (κ1) is 16.9. The lowest BCUT2D eigenvalue weighted by Crippen LogP contribution is -2.18. The molecule has 0 fully saturated rings. The Hall–Kier alpha value is -2.99. The third-order valence-corrected chi connectivity index (χ3v) is 4.11. The molecule has 1 aliphatic rings. The molecule has 0 spiro atoms. The molecule has 130 valence electrons. The molecule has 6 nitrogen and oxygen atoms in total. The van der Waals surface area contributed by atoms with Crippen LogP contribution in [0.15, 0.2) is 36.4 Å². The molecule has 0 aromatic heterocycles. The summed E-state index contributed by atoms with van der Waals surface area (Å²) >= 11 is 0. The summed E-state index contributed by atoms with van der Waals surface area (Å²) in [6.07, 6.45) is -0.826. The molecule has 0 amide bonds. The summed E-state index contributed by atoms with van der Waals surface area (Å²) in [5.41, 5.74) is 1.84. The molecule has 6 heteroatoms. The lowest BCUT2D eigenvalue weighted by molar-refractivity contribution is 0.104. The van der Waals surface area contributed by atoms with Gasteiger partial charge >= 0.3 is 0 Å². The Bertz CT molecular complexity index is 884. The Morgan fingerprint density at radius 2 is 1.84 bits per heavy atom. The van der Waals surface area contributed by atoms with Crippen LogP contribution in [-0.4, -0.2) is 40.9 Å². The van der Waals surface area contributed by atoms with Crippen LogP contribution in [0.1, 0.15) is 22.8 Å². The van der Waals surface area contributed by atoms with Gasteiger partial charge in [-0.2, -0.15) is 0 Å². The number of methoxy groups -OCH3 is 1. The molecule has 0 unspecified atom stereocenters. The number of hydrogen-bond acceptors (Lipinski definition) is 6. The van der Waals surface area contributed by atoms with Crippen LogP contribution >= 0.6 is 0 Å². The molecule has 0 saturated carbocycles. The summed E-state index contributed by atoms with van der Waals surface area (Å²) in [6.45, 7) is 5.33. The summed E-state index contributed by atoms with van der Waals surface area (Å²) in [5, 5.41) is 29.6. The molecule has 2 aromatic carbocycles. The zero-order valence-corrected chi connectivity index (χ0v) is 13.9. The fourth-order valence-electron chi connectivity index (χ4n) is 2.79. The molecule has 1 atom stereocenters. The highest BCUT2D eigenvalue weighted by atomic mass is 16.5. The van der Waals surface area contributed by atoms with Gasteiger partial charge in [0.15, 0.2) is 5.78 Å². The maximum absolute atomic E-state index is 12.7. The summed E-state index contributed by atoms with van der Waals surface area (Å²) in [7, 11) is 1.45. The number of carbonyl (C=O) groups is 1. The molecule has 25 heavy (non-hydrogen) atoms. The Morgan fingerprint density at radius 3 is 2.48 bits per heavy atom. The van der Waals surface area contributed by atoms with Crippen LogP contribution in [-0.2, 0) is 0 Å². The van der Waals surface area contributed by atoms with Crippen molar-refractivity contribution >= 4 is 5.78 Å². The number of fused-ring (bicyclic) bond motifs is 3. The highest BCUT2D eigenvalue weighted by molar-refractivity contribution is 6.24. The molecule has 0 aliphatic heterocycles. The monoisotopic (exact) mass is 342 g/mol. The first-order chi connectivity index (χ1) is 11.8. The molecule has 0 heterocycles. The molecule has 0 radical (unpaired) electrons. The van der Waals surface area contributed by atoms with E-state index in [2.05, 4.69) is 6.58 Å². The number of aliphatic hydroxyl groups excluding tert-OH is 1. The van der Waals surface area contributed by atoms with Gasteiger partial charge in [0.25, 0.3) is 0 Å². The molecular weight excluding hydrogens is 324 g/mol. The normalized spacial score (nSPS) is 13.2. The zero-order valence-electron chi connectivity index (χ0n) is 13.9. The fraction of sp³-hybridized carbons (Fsp3) is 0.211. The van der Waals surface area contributed by atoms with E-state index >= 15 is 0 Å². The SMILES string of the molecule is C=C(C)[C@H](O)COc1cc(OC)c2c(c1)C(=O)c1cc(O)cc(O)c1-2. The van der Waals surface area contributed by atoms with Crippen LogP contribution in [0.2, 0.25) is 0 Å². The Morgan fingerprint density at radius 1 is 1.16 bits per heavy atom. The van der Waals surface area contributed by atoms with Gasteiger partial charge in [-0.25, -0.2) is 0 Å². The first-order valence-electron chi connectivity index (χ1n) is 7.62. The standard InChI is InChI=1S/C19H18O6/c1-9(2)15(22)8-25-11-6-13-18(16(7-11)24-3)17-12(19(13)23)4-10(20)5-14(17)21/h4-7,15,20-22H,1,8H2,2-3H3/t15-/m1/s1. The van der Waals surface area contributed by atoms with E-state index in [0.717, 1.165) is 0 Å². The summed E-state index contributed by atoms with van der Waals surface area (Å²) in [4.78, 5) is 12.7. The van der Waals surface area contributed by atoms with Gasteiger partial charge in [0.1, 0.15) is 35.7 Å². The van der Waals surface area contributed by atoms with Crippen LogP contribution < -0.4 is 9.47 Å². The lowest BCUT2D eigenvalue weighted by Gasteiger charge is -2.15. The average molecular weight is 342 g/mol. The van der Waals surface area contributed by atoms with Crippen molar-refractivity contribution in [2.24, 2.45) is 0 Å². The van der Waals surface area contributed by atoms with Gasteiger partial charge in [0.2, 0.25) is 0 Å². The minimum absolute atomic E-state index is 0.00947. The first-order valence-corrected chi connectivity index (χ1v) is 7.62. The van der Waals surface area contributed by atoms with Crippen molar-refractivity contribution in [2.75, 3.05) is 13.7 Å². The Kier molecular flexibility index (Phi) is 4.14. The number of rotatable bonds is 5. The van der Waals surface area contributed by atoms with E-state index in [0.29, 0.717) is 33.8 Å². The zero-order chi connectivity index (χ0) is 18.3. The van der Waals surface area contributed by atoms with E-state index in [1.165, 1.54) is 25.3 Å². The van der Waals surface area contributed by atoms with Gasteiger partial charge in [-0.1, -0.05) is 6.58 Å². The van der Waals surface area contributed by atoms with E-state index in [1.807, 2.05) is 0 Å². The predicted molar refractivity (Wildman–Crippen MR) is 91.5 cm³/mol. The lowest BCUT2D eigenvalue weighted by atomic mass is 10.0. The topological polar surface area (TPSA) is 96.2 Å². The van der Waals surface area contributed by atoms with E-state index in [9.17, 15) is 20.1 Å². The molecule has 2 aromatic rings. The van der Waals surface area contributed by atoms with Gasteiger partial charge in [0, 0.05) is 34.4 Å². The molecular formula is C19H18O6. The number of hydrogen-bond donors (Lipinski definition) is 3. The van der Waals surface area contributed by atoms with Crippen LogP contribution in [0.4, 0.5) is 0 Å². The highest BCUT2D eigenvalue weighted by Crippen LogP contribution is 2.49. The Balaban J connectivity index is 2.07. The number of aromatic hydroxyl groups is 2. The second kappa shape index (κ2) is 6.14. The number of phenols is 2. The highest BCUT2D eigenvalue weighted by Gasteiger charge is 2.33. The second-order valence-electron chi connectivity index (χ2n) is 5.94. The maximum Gasteiger partial charge on any atom is 0.194 e. The molecule has 3 N–H and O–H groups in total. The number of phenolic OH excluding ortho intramolecular Hbond substituents is 2. The summed E-state index contributed by atoms with van der Waals surface area (Å²) in [5.74, 6) is -0.0456. The quantitative estimate of drug-likeness (QED) is 0.617. The Labute approximate surface area is 144 Å². The van der Waals surface area contributed by atoms with E-state index in [4.69, 9.17) is 9.47 Å². The van der Waals surface area contributed by atoms with Gasteiger partial charge in [-0.15, -0.1) is 0 Å². The number of ketones is 1. The van der Waals surface area contributed by atoms with Crippen molar-refractivity contribution in [3.63, 3.8) is 0 Å². The van der Waals surface area contributed by atoms with Gasteiger partial charge in [-0.05, 0) is 24.6 Å². The second-order valence-corrected chi connectivity index (χ2v) is 5.94. The smallest absolute Gasteiger partial charge is 0.194 e. The third-order valence-electron chi connectivity index (χ3n) is 4.11. The largest absolute Gasteiger partial charge is 0.508 e. The summed E-state index contributed by atoms with van der Waals surface area (Å²) in [6, 6.07) is 5.59. The summed E-state index contributed by atoms with van der Waals surface area (Å²) < 4.78 is 10.9. The van der Waals surface area contributed by atoms with Gasteiger partial charge in [0.05, 0.1) is 7.11 Å². The van der Waals surface area contributed by atoms with Crippen LogP contribution in [0.25, 0.3) is 11.1 Å². The average Bonchev–Trinajstić information content (AvgIpc) is 2.85. The van der Waals surface area contributed by atoms with Crippen molar-refractivity contribution in [3.8, 4) is 34.1 Å². The van der Waals surface area contributed by atoms with Crippen LogP contribution in [0.5, 0.6) is 23.0 Å². The van der Waals surface area contributed by atoms with Crippen molar-refractivity contribution in [3.05, 3.63) is 47.5 Å². The van der Waals surface area contributed by atoms with Crippen LogP contribution in [0, 0.1) is 0 Å². The maximum atomic E-state index is 12.7. The van der Waals surface area contributed by atoms with Gasteiger partial charge in [-0.3, -0.25) is 4.79 Å². The minimum atomic E-state index is -0.826. The van der Waals surface area contributed by atoms with E-state index < -0.39 is 6.10 Å². The number of ether oxygens (including phenoxy) is 2. The number of aliphatic hydroxyl groups is 1. The number of carbonyl (C=O) groups excluding carboxylic acids is 1. The molecule has 1 aliphatic carbocycles. The van der Waals surface area contributed by atoms with Crippen molar-refractivity contribution in [2.45, 2.75) is 13.0 Å². The fourth-order valence-corrected chi connectivity index (χ4v) is 2.79. The van der Waals surface area contributed by atoms with Crippen molar-refractivity contribution < 1.29 is 29.6 Å². The third kappa shape index (κ3) is 2.81. The molecule has 0 saturated heterocycles. The predicted octanol–water partition coefficient (Wildman–Crippen LogP) is 2.63. The van der Waals surface area contributed by atoms with Gasteiger partial charge < -0.3 is 24.8 Å². The molecule has 3 rings (SSSR count). The van der Waals surface area contributed by atoms with Crippen molar-refractivity contribution in [1.29, 1.82) is 0 Å². The van der Waals surface area contributed by atoms with Crippen molar-refractivity contribution in [1.82, 2.24) is 0 Å². The van der Waals surface area contributed by atoms with E-state index in [1.54, 1.807) is 13.0 Å². The van der Waals surface area contributed by atoms with Crippen LogP contribution in [0.3, 0.4) is 0 Å². The number of benzene rings is 2. The van der Waals surface area contributed by atoms with E-state index in [-0.39, 0.29) is 29.5 Å². The molecule has 0 bridgehead atoms. The minimum Gasteiger partial charge on any atom is -0.508 e.